The Bertz CT molecular complexity index is 703. The lowest BCUT2D eigenvalue weighted by atomic mass is 10.1. The molecule has 27 heavy (non-hydrogen) atoms. The van der Waals surface area contributed by atoms with Gasteiger partial charge in [0.1, 0.15) is 5.75 Å². The van der Waals surface area contributed by atoms with Gasteiger partial charge in [0.05, 0.1) is 26.2 Å². The Morgan fingerprint density at radius 1 is 0.963 bits per heavy atom. The number of rotatable bonds is 10. The summed E-state index contributed by atoms with van der Waals surface area (Å²) in [6.45, 7) is 2.78. The van der Waals surface area contributed by atoms with Crippen LogP contribution < -0.4 is 4.74 Å². The van der Waals surface area contributed by atoms with Crippen LogP contribution in [0.2, 0.25) is 0 Å². The van der Waals surface area contributed by atoms with E-state index in [-0.39, 0.29) is 24.3 Å². The summed E-state index contributed by atoms with van der Waals surface area (Å²) < 4.78 is 10.4. The predicted molar refractivity (Wildman–Crippen MR) is 104 cm³/mol. The number of hydrogen-bond donors (Lipinski definition) is 0. The van der Waals surface area contributed by atoms with E-state index in [1.807, 2.05) is 67.6 Å². The zero-order valence-electron chi connectivity index (χ0n) is 16.0. The van der Waals surface area contributed by atoms with Gasteiger partial charge >= 0.3 is 5.97 Å². The molecule has 0 spiro atoms. The normalized spacial score (nSPS) is 11.5. The number of nitrogens with zero attached hydrogens (tertiary/aromatic N) is 1. The van der Waals surface area contributed by atoms with E-state index in [4.69, 9.17) is 9.47 Å². The summed E-state index contributed by atoms with van der Waals surface area (Å²) in [5.74, 6) is 0.484. The van der Waals surface area contributed by atoms with Crippen molar-refractivity contribution < 1.29 is 19.1 Å². The standard InChI is InChI=1S/C22H27NO4/c1-18(19-10-5-3-6-11-19)23(16-15-22(25)26-2)21(24)14-9-17-27-20-12-7-4-8-13-20/h3-8,10-13,18H,9,14-17H2,1-2H3. The number of hydrogen-bond acceptors (Lipinski definition) is 4. The van der Waals surface area contributed by atoms with Crippen LogP contribution >= 0.6 is 0 Å². The molecule has 0 saturated heterocycles. The van der Waals surface area contributed by atoms with Crippen LogP contribution in [-0.4, -0.2) is 37.0 Å². The molecule has 0 aliphatic heterocycles. The maximum Gasteiger partial charge on any atom is 0.307 e. The first-order valence-electron chi connectivity index (χ1n) is 9.21. The maximum atomic E-state index is 12.8. The van der Waals surface area contributed by atoms with Gasteiger partial charge in [0, 0.05) is 13.0 Å². The third-order valence-corrected chi connectivity index (χ3v) is 4.40. The van der Waals surface area contributed by atoms with Crippen LogP contribution in [0.5, 0.6) is 5.75 Å². The minimum Gasteiger partial charge on any atom is -0.494 e. The topological polar surface area (TPSA) is 55.8 Å². The van der Waals surface area contributed by atoms with Gasteiger partial charge in [-0.3, -0.25) is 9.59 Å². The van der Waals surface area contributed by atoms with Crippen molar-refractivity contribution in [3.8, 4) is 5.75 Å². The number of esters is 1. The highest BCUT2D eigenvalue weighted by Crippen LogP contribution is 2.21. The summed E-state index contributed by atoms with van der Waals surface area (Å²) in [5, 5.41) is 0. The third-order valence-electron chi connectivity index (χ3n) is 4.40. The quantitative estimate of drug-likeness (QED) is 0.469. The number of carbonyl (C=O) groups is 2. The third kappa shape index (κ3) is 6.77. The smallest absolute Gasteiger partial charge is 0.307 e. The highest BCUT2D eigenvalue weighted by Gasteiger charge is 2.22. The van der Waals surface area contributed by atoms with Crippen LogP contribution in [-0.2, 0) is 14.3 Å². The lowest BCUT2D eigenvalue weighted by Gasteiger charge is -2.29. The van der Waals surface area contributed by atoms with Crippen molar-refractivity contribution in [3.63, 3.8) is 0 Å². The van der Waals surface area contributed by atoms with Gasteiger partial charge < -0.3 is 14.4 Å². The van der Waals surface area contributed by atoms with Gasteiger partial charge in [0.15, 0.2) is 0 Å². The first-order chi connectivity index (χ1) is 13.1. The van der Waals surface area contributed by atoms with E-state index in [9.17, 15) is 9.59 Å². The maximum absolute atomic E-state index is 12.8. The second-order valence-corrected chi connectivity index (χ2v) is 6.26. The van der Waals surface area contributed by atoms with Crippen molar-refractivity contribution in [2.75, 3.05) is 20.3 Å². The summed E-state index contributed by atoms with van der Waals surface area (Å²) in [6, 6.07) is 19.2. The van der Waals surface area contributed by atoms with E-state index in [1.54, 1.807) is 4.90 Å². The molecule has 0 saturated carbocycles. The van der Waals surface area contributed by atoms with Gasteiger partial charge in [-0.1, -0.05) is 48.5 Å². The van der Waals surface area contributed by atoms with Crippen molar-refractivity contribution >= 4 is 11.9 Å². The number of methoxy groups -OCH3 is 1. The fourth-order valence-corrected chi connectivity index (χ4v) is 2.83. The molecule has 1 amide bonds. The van der Waals surface area contributed by atoms with Crippen LogP contribution in [0.4, 0.5) is 0 Å². The molecule has 1 unspecified atom stereocenters. The van der Waals surface area contributed by atoms with Crippen molar-refractivity contribution in [1.29, 1.82) is 0 Å². The number of benzene rings is 2. The van der Waals surface area contributed by atoms with Crippen LogP contribution in [0.25, 0.3) is 0 Å². The van der Waals surface area contributed by atoms with E-state index in [1.165, 1.54) is 7.11 Å². The summed E-state index contributed by atoms with van der Waals surface area (Å²) in [4.78, 5) is 26.1. The molecule has 0 N–H and O–H groups in total. The van der Waals surface area contributed by atoms with Gasteiger partial charge in [-0.05, 0) is 31.0 Å². The Balaban J connectivity index is 1.92. The molecule has 2 rings (SSSR count). The number of para-hydroxylation sites is 1. The van der Waals surface area contributed by atoms with Crippen molar-refractivity contribution in [3.05, 3.63) is 66.2 Å². The lowest BCUT2D eigenvalue weighted by Crippen LogP contribution is -2.35. The molecule has 0 radical (unpaired) electrons. The molecule has 2 aromatic rings. The number of ether oxygens (including phenoxy) is 2. The highest BCUT2D eigenvalue weighted by atomic mass is 16.5. The van der Waals surface area contributed by atoms with Gasteiger partial charge in [-0.25, -0.2) is 0 Å². The Kier molecular flexibility index (Phi) is 8.36. The van der Waals surface area contributed by atoms with Crippen molar-refractivity contribution in [2.24, 2.45) is 0 Å². The summed E-state index contributed by atoms with van der Waals surface area (Å²) in [7, 11) is 1.36. The molecule has 0 aliphatic carbocycles. The molecule has 1 atom stereocenters. The van der Waals surface area contributed by atoms with Gasteiger partial charge in [0.2, 0.25) is 5.91 Å². The summed E-state index contributed by atoms with van der Waals surface area (Å²) in [5.41, 5.74) is 1.04. The molecule has 0 heterocycles. The van der Waals surface area contributed by atoms with E-state index in [0.29, 0.717) is 26.0 Å². The van der Waals surface area contributed by atoms with Crippen LogP contribution in [0.15, 0.2) is 60.7 Å². The molecule has 144 valence electrons. The van der Waals surface area contributed by atoms with Crippen LogP contribution in [0.1, 0.15) is 37.8 Å². The molecular weight excluding hydrogens is 342 g/mol. The SMILES string of the molecule is COC(=O)CCN(C(=O)CCCOc1ccccc1)C(C)c1ccccc1. The Morgan fingerprint density at radius 3 is 2.22 bits per heavy atom. The van der Waals surface area contributed by atoms with Crippen LogP contribution in [0, 0.1) is 0 Å². The molecule has 0 aromatic heterocycles. The molecule has 0 bridgehead atoms. The van der Waals surface area contributed by atoms with Crippen molar-refractivity contribution in [1.82, 2.24) is 4.90 Å². The lowest BCUT2D eigenvalue weighted by molar-refractivity contribution is -0.142. The second kappa shape index (κ2) is 11.0. The zero-order valence-corrected chi connectivity index (χ0v) is 16.0. The molecule has 5 heteroatoms. The first kappa shape index (κ1) is 20.5. The van der Waals surface area contributed by atoms with E-state index >= 15 is 0 Å². The average Bonchev–Trinajstić information content (AvgIpc) is 2.72. The molecule has 5 nitrogen and oxygen atoms in total. The molecule has 0 aliphatic rings. The number of amides is 1. The Labute approximate surface area is 160 Å². The largest absolute Gasteiger partial charge is 0.494 e. The predicted octanol–water partition coefficient (Wildman–Crippen LogP) is 4.00. The number of carbonyl (C=O) groups excluding carboxylic acids is 2. The Hall–Kier alpha value is -2.82. The fourth-order valence-electron chi connectivity index (χ4n) is 2.83. The van der Waals surface area contributed by atoms with Crippen molar-refractivity contribution in [2.45, 2.75) is 32.2 Å². The fraction of sp³-hybridized carbons (Fsp3) is 0.364. The molecule has 2 aromatic carbocycles. The monoisotopic (exact) mass is 369 g/mol. The van der Waals surface area contributed by atoms with E-state index in [2.05, 4.69) is 0 Å². The minimum absolute atomic E-state index is 0.00641. The minimum atomic E-state index is -0.319. The first-order valence-corrected chi connectivity index (χ1v) is 9.21. The Morgan fingerprint density at radius 2 is 1.59 bits per heavy atom. The zero-order chi connectivity index (χ0) is 19.5. The van der Waals surface area contributed by atoms with E-state index in [0.717, 1.165) is 11.3 Å². The highest BCUT2D eigenvalue weighted by molar-refractivity contribution is 5.77. The van der Waals surface area contributed by atoms with Crippen LogP contribution in [0.3, 0.4) is 0 Å². The average molecular weight is 369 g/mol. The van der Waals surface area contributed by atoms with Gasteiger partial charge in [-0.15, -0.1) is 0 Å². The van der Waals surface area contributed by atoms with Gasteiger partial charge in [-0.2, -0.15) is 0 Å². The van der Waals surface area contributed by atoms with E-state index < -0.39 is 0 Å². The summed E-state index contributed by atoms with van der Waals surface area (Å²) >= 11 is 0. The molecule has 0 fully saturated rings. The molecular formula is C22H27NO4. The van der Waals surface area contributed by atoms with Gasteiger partial charge in [0.25, 0.3) is 0 Å². The second-order valence-electron chi connectivity index (χ2n) is 6.26. The summed E-state index contributed by atoms with van der Waals surface area (Å²) in [6.07, 6.45) is 1.16.